The summed E-state index contributed by atoms with van der Waals surface area (Å²) in [7, 11) is 1.96. The molecule has 0 fully saturated rings. The van der Waals surface area contributed by atoms with E-state index in [0.717, 1.165) is 17.7 Å². The third-order valence-electron chi connectivity index (χ3n) is 2.44. The highest BCUT2D eigenvalue weighted by Gasteiger charge is 2.11. The van der Waals surface area contributed by atoms with Crippen molar-refractivity contribution < 1.29 is 4.74 Å². The third-order valence-corrected chi connectivity index (χ3v) is 2.94. The van der Waals surface area contributed by atoms with Crippen molar-refractivity contribution in [2.45, 2.75) is 19.9 Å². The normalized spacial score (nSPS) is 12.8. The average Bonchev–Trinajstić information content (AvgIpc) is 2.21. The number of hydrogen-bond acceptors (Lipinski definition) is 2. The number of nitrogens with one attached hydrogen (secondary N) is 1. The van der Waals surface area contributed by atoms with Crippen molar-refractivity contribution in [3.63, 3.8) is 0 Å². The molecule has 1 aromatic carbocycles. The van der Waals surface area contributed by atoms with Gasteiger partial charge in [-0.1, -0.05) is 22.0 Å². The van der Waals surface area contributed by atoms with E-state index in [1.165, 1.54) is 11.1 Å². The van der Waals surface area contributed by atoms with Crippen molar-refractivity contribution in [2.75, 3.05) is 20.3 Å². The van der Waals surface area contributed by atoms with Crippen LogP contribution in [0.3, 0.4) is 0 Å². The largest absolute Gasteiger partial charge is 0.380 e. The molecule has 0 amide bonds. The van der Waals surface area contributed by atoms with Crippen molar-refractivity contribution in [3.8, 4) is 0 Å². The molecular weight excluding hydrogens is 254 g/mol. The summed E-state index contributed by atoms with van der Waals surface area (Å²) in [5.74, 6) is 0. The summed E-state index contributed by atoms with van der Waals surface area (Å²) < 4.78 is 6.57. The Hall–Kier alpha value is -0.380. The summed E-state index contributed by atoms with van der Waals surface area (Å²) in [5, 5.41) is 3.27. The van der Waals surface area contributed by atoms with E-state index in [4.69, 9.17) is 4.74 Å². The predicted octanol–water partition coefficient (Wildman–Crippen LogP) is 3.05. The lowest BCUT2D eigenvalue weighted by molar-refractivity contribution is 0.125. The molecule has 0 radical (unpaired) electrons. The van der Waals surface area contributed by atoms with Crippen LogP contribution >= 0.6 is 15.9 Å². The SMILES string of the molecule is CCOCC(NC)c1ccc(Br)cc1C. The zero-order valence-electron chi connectivity index (χ0n) is 9.51. The van der Waals surface area contributed by atoms with Gasteiger partial charge < -0.3 is 10.1 Å². The van der Waals surface area contributed by atoms with Gasteiger partial charge in [-0.25, -0.2) is 0 Å². The fourth-order valence-corrected chi connectivity index (χ4v) is 2.07. The van der Waals surface area contributed by atoms with Gasteiger partial charge in [0.15, 0.2) is 0 Å². The number of benzene rings is 1. The van der Waals surface area contributed by atoms with Crippen LogP contribution in [-0.2, 0) is 4.74 Å². The molecule has 0 saturated heterocycles. The summed E-state index contributed by atoms with van der Waals surface area (Å²) >= 11 is 3.47. The van der Waals surface area contributed by atoms with Crippen LogP contribution in [-0.4, -0.2) is 20.3 Å². The molecule has 1 atom stereocenters. The van der Waals surface area contributed by atoms with Crippen molar-refractivity contribution in [1.29, 1.82) is 0 Å². The highest BCUT2D eigenvalue weighted by molar-refractivity contribution is 9.10. The Morgan fingerprint density at radius 3 is 2.73 bits per heavy atom. The highest BCUT2D eigenvalue weighted by Crippen LogP contribution is 2.21. The van der Waals surface area contributed by atoms with Crippen LogP contribution in [0.1, 0.15) is 24.1 Å². The average molecular weight is 272 g/mol. The van der Waals surface area contributed by atoms with E-state index < -0.39 is 0 Å². The Morgan fingerprint density at radius 1 is 1.47 bits per heavy atom. The van der Waals surface area contributed by atoms with Crippen molar-refractivity contribution in [2.24, 2.45) is 0 Å². The molecule has 1 N–H and O–H groups in total. The maximum atomic E-state index is 5.45. The number of halogens is 1. The van der Waals surface area contributed by atoms with Gasteiger partial charge in [0.05, 0.1) is 12.6 Å². The van der Waals surface area contributed by atoms with Gasteiger partial charge in [-0.15, -0.1) is 0 Å². The van der Waals surface area contributed by atoms with Crippen LogP contribution < -0.4 is 5.32 Å². The first-order valence-corrected chi connectivity index (χ1v) is 5.99. The Morgan fingerprint density at radius 2 is 2.20 bits per heavy atom. The zero-order chi connectivity index (χ0) is 11.3. The second kappa shape index (κ2) is 6.26. The highest BCUT2D eigenvalue weighted by atomic mass is 79.9. The van der Waals surface area contributed by atoms with Crippen molar-refractivity contribution in [1.82, 2.24) is 5.32 Å². The molecule has 0 spiro atoms. The minimum atomic E-state index is 0.276. The number of aryl methyl sites for hydroxylation is 1. The van der Waals surface area contributed by atoms with Crippen molar-refractivity contribution in [3.05, 3.63) is 33.8 Å². The number of hydrogen-bond donors (Lipinski definition) is 1. The monoisotopic (exact) mass is 271 g/mol. The molecule has 1 aromatic rings. The molecule has 0 aliphatic rings. The molecule has 0 bridgehead atoms. The first-order chi connectivity index (χ1) is 7.19. The molecule has 15 heavy (non-hydrogen) atoms. The maximum Gasteiger partial charge on any atom is 0.0661 e. The number of ether oxygens (including phenoxy) is 1. The summed E-state index contributed by atoms with van der Waals surface area (Å²) in [6.07, 6.45) is 0. The predicted molar refractivity (Wildman–Crippen MR) is 67.2 cm³/mol. The molecule has 0 aliphatic heterocycles. The standard InChI is InChI=1S/C12H18BrNO/c1-4-15-8-12(14-3)11-6-5-10(13)7-9(11)2/h5-7,12,14H,4,8H2,1-3H3. The van der Waals surface area contributed by atoms with Crippen LogP contribution in [0.4, 0.5) is 0 Å². The summed E-state index contributed by atoms with van der Waals surface area (Å²) in [5.41, 5.74) is 2.58. The molecule has 1 unspecified atom stereocenters. The lowest BCUT2D eigenvalue weighted by Gasteiger charge is -2.18. The Kier molecular flexibility index (Phi) is 5.29. The van der Waals surface area contributed by atoms with Gasteiger partial charge in [0.2, 0.25) is 0 Å². The molecule has 0 aliphatic carbocycles. The minimum absolute atomic E-state index is 0.276. The van der Waals surface area contributed by atoms with E-state index in [9.17, 15) is 0 Å². The van der Waals surface area contributed by atoms with E-state index >= 15 is 0 Å². The lowest BCUT2D eigenvalue weighted by atomic mass is 10.0. The molecule has 3 heteroatoms. The Balaban J connectivity index is 2.81. The fourth-order valence-electron chi connectivity index (χ4n) is 1.59. The zero-order valence-corrected chi connectivity index (χ0v) is 11.1. The molecule has 2 nitrogen and oxygen atoms in total. The number of likely N-dealkylation sites (N-methyl/N-ethyl adjacent to an activating group) is 1. The molecule has 0 aromatic heterocycles. The Bertz CT molecular complexity index is 314. The van der Waals surface area contributed by atoms with Gasteiger partial charge in [0.25, 0.3) is 0 Å². The van der Waals surface area contributed by atoms with E-state index in [1.807, 2.05) is 14.0 Å². The van der Waals surface area contributed by atoms with Gasteiger partial charge in [-0.3, -0.25) is 0 Å². The van der Waals surface area contributed by atoms with Crippen LogP contribution in [0.5, 0.6) is 0 Å². The number of rotatable bonds is 5. The van der Waals surface area contributed by atoms with Crippen LogP contribution in [0.15, 0.2) is 22.7 Å². The van der Waals surface area contributed by atoms with Crippen LogP contribution in [0.25, 0.3) is 0 Å². The van der Waals surface area contributed by atoms with Gasteiger partial charge in [0, 0.05) is 11.1 Å². The first-order valence-electron chi connectivity index (χ1n) is 5.20. The molecule has 0 saturated carbocycles. The van der Waals surface area contributed by atoms with Crippen molar-refractivity contribution >= 4 is 15.9 Å². The maximum absolute atomic E-state index is 5.45. The summed E-state index contributed by atoms with van der Waals surface area (Å²) in [4.78, 5) is 0. The van der Waals surface area contributed by atoms with E-state index in [2.05, 4.69) is 46.4 Å². The second-order valence-electron chi connectivity index (χ2n) is 3.50. The van der Waals surface area contributed by atoms with Gasteiger partial charge >= 0.3 is 0 Å². The van der Waals surface area contributed by atoms with Gasteiger partial charge in [-0.2, -0.15) is 0 Å². The van der Waals surface area contributed by atoms with E-state index in [-0.39, 0.29) is 6.04 Å². The van der Waals surface area contributed by atoms with Crippen LogP contribution in [0, 0.1) is 6.92 Å². The van der Waals surface area contributed by atoms with E-state index in [0.29, 0.717) is 0 Å². The summed E-state index contributed by atoms with van der Waals surface area (Å²) in [6, 6.07) is 6.61. The fraction of sp³-hybridized carbons (Fsp3) is 0.500. The third kappa shape index (κ3) is 3.59. The van der Waals surface area contributed by atoms with Gasteiger partial charge in [0.1, 0.15) is 0 Å². The molecule has 1 rings (SSSR count). The Labute approximate surface area is 100 Å². The summed E-state index contributed by atoms with van der Waals surface area (Å²) in [6.45, 7) is 5.61. The lowest BCUT2D eigenvalue weighted by Crippen LogP contribution is -2.22. The first kappa shape index (κ1) is 12.7. The molecule has 0 heterocycles. The quantitative estimate of drug-likeness (QED) is 0.889. The smallest absolute Gasteiger partial charge is 0.0661 e. The minimum Gasteiger partial charge on any atom is -0.380 e. The second-order valence-corrected chi connectivity index (χ2v) is 4.42. The van der Waals surface area contributed by atoms with Gasteiger partial charge in [-0.05, 0) is 44.2 Å². The van der Waals surface area contributed by atoms with Crippen LogP contribution in [0.2, 0.25) is 0 Å². The molecular formula is C12H18BrNO. The molecule has 84 valence electrons. The topological polar surface area (TPSA) is 21.3 Å². The van der Waals surface area contributed by atoms with E-state index in [1.54, 1.807) is 0 Å².